The Labute approximate surface area is 193 Å². The standard InChI is InChI=1S/C24H25ClN2O4S/c1-3-23(18-9-13-21(31-2)14-10-18)26-24(28)17-27(20-7-5-4-6-8-20)32(29,30)22-15-11-19(25)12-16-22/h4-16,23H,3,17H2,1-2H3,(H,26,28). The van der Waals surface area contributed by atoms with Gasteiger partial charge in [0, 0.05) is 5.02 Å². The normalized spacial score (nSPS) is 12.1. The molecule has 0 aromatic heterocycles. The van der Waals surface area contributed by atoms with Gasteiger partial charge >= 0.3 is 0 Å². The number of ether oxygens (including phenoxy) is 1. The number of nitrogens with one attached hydrogen (secondary N) is 1. The average Bonchev–Trinajstić information content (AvgIpc) is 2.82. The Kier molecular flexibility index (Phi) is 7.77. The summed E-state index contributed by atoms with van der Waals surface area (Å²) < 4.78 is 33.0. The van der Waals surface area contributed by atoms with Crippen molar-refractivity contribution in [2.24, 2.45) is 0 Å². The molecule has 0 saturated heterocycles. The van der Waals surface area contributed by atoms with E-state index in [1.807, 2.05) is 31.2 Å². The van der Waals surface area contributed by atoms with Gasteiger partial charge in [0.15, 0.2) is 0 Å². The van der Waals surface area contributed by atoms with Gasteiger partial charge in [-0.25, -0.2) is 8.42 Å². The zero-order valence-corrected chi connectivity index (χ0v) is 19.4. The number of hydrogen-bond donors (Lipinski definition) is 1. The first-order chi connectivity index (χ1) is 15.3. The second-order valence-electron chi connectivity index (χ2n) is 7.10. The van der Waals surface area contributed by atoms with Gasteiger partial charge in [0.25, 0.3) is 10.0 Å². The van der Waals surface area contributed by atoms with E-state index in [4.69, 9.17) is 16.3 Å². The van der Waals surface area contributed by atoms with Crippen LogP contribution in [0.15, 0.2) is 83.8 Å². The third-order valence-electron chi connectivity index (χ3n) is 4.99. The topological polar surface area (TPSA) is 75.7 Å². The number of carbonyl (C=O) groups excluding carboxylic acids is 1. The highest BCUT2D eigenvalue weighted by Crippen LogP contribution is 2.25. The summed E-state index contributed by atoms with van der Waals surface area (Å²) in [5.41, 5.74) is 1.31. The molecule has 32 heavy (non-hydrogen) atoms. The number of rotatable bonds is 9. The monoisotopic (exact) mass is 472 g/mol. The van der Waals surface area contributed by atoms with E-state index < -0.39 is 15.9 Å². The zero-order chi connectivity index (χ0) is 23.1. The van der Waals surface area contributed by atoms with E-state index in [9.17, 15) is 13.2 Å². The summed E-state index contributed by atoms with van der Waals surface area (Å²) in [6, 6.07) is 21.6. The van der Waals surface area contributed by atoms with Gasteiger partial charge in [0.2, 0.25) is 5.91 Å². The molecular formula is C24H25ClN2O4S. The Balaban J connectivity index is 1.85. The summed E-state index contributed by atoms with van der Waals surface area (Å²) in [7, 11) is -2.39. The Hall–Kier alpha value is -3.03. The van der Waals surface area contributed by atoms with Crippen molar-refractivity contribution in [1.29, 1.82) is 0 Å². The van der Waals surface area contributed by atoms with E-state index in [-0.39, 0.29) is 17.5 Å². The maximum absolute atomic E-state index is 13.4. The lowest BCUT2D eigenvalue weighted by Gasteiger charge is -2.25. The van der Waals surface area contributed by atoms with Crippen molar-refractivity contribution in [1.82, 2.24) is 5.32 Å². The number of amides is 1. The molecule has 3 rings (SSSR count). The highest BCUT2D eigenvalue weighted by molar-refractivity contribution is 7.92. The van der Waals surface area contributed by atoms with Gasteiger partial charge in [-0.15, -0.1) is 0 Å². The molecule has 1 amide bonds. The summed E-state index contributed by atoms with van der Waals surface area (Å²) >= 11 is 5.91. The molecule has 6 nitrogen and oxygen atoms in total. The number of benzene rings is 3. The summed E-state index contributed by atoms with van der Waals surface area (Å²) in [5, 5.41) is 3.38. The van der Waals surface area contributed by atoms with Crippen molar-refractivity contribution in [3.05, 3.63) is 89.4 Å². The number of carbonyl (C=O) groups is 1. The van der Waals surface area contributed by atoms with Crippen molar-refractivity contribution in [3.8, 4) is 5.75 Å². The van der Waals surface area contributed by atoms with Crippen molar-refractivity contribution < 1.29 is 17.9 Å². The second kappa shape index (κ2) is 10.5. The van der Waals surface area contributed by atoms with Crippen LogP contribution in [0.3, 0.4) is 0 Å². The molecule has 0 bridgehead atoms. The Morgan fingerprint density at radius 2 is 1.62 bits per heavy atom. The number of anilines is 1. The summed E-state index contributed by atoms with van der Waals surface area (Å²) in [6.07, 6.45) is 0.646. The van der Waals surface area contributed by atoms with Gasteiger partial charge < -0.3 is 10.1 Å². The van der Waals surface area contributed by atoms with Crippen molar-refractivity contribution >= 4 is 33.2 Å². The van der Waals surface area contributed by atoms with Crippen molar-refractivity contribution in [3.63, 3.8) is 0 Å². The number of methoxy groups -OCH3 is 1. The Bertz CT molecular complexity index is 1130. The van der Waals surface area contributed by atoms with Crippen molar-refractivity contribution in [2.45, 2.75) is 24.3 Å². The molecule has 1 N–H and O–H groups in total. The molecular weight excluding hydrogens is 448 g/mol. The molecule has 0 aliphatic heterocycles. The van der Waals surface area contributed by atoms with E-state index in [0.717, 1.165) is 15.6 Å². The van der Waals surface area contributed by atoms with E-state index in [2.05, 4.69) is 5.32 Å². The van der Waals surface area contributed by atoms with Gasteiger partial charge in [-0.2, -0.15) is 0 Å². The molecule has 1 atom stereocenters. The number of nitrogens with zero attached hydrogens (tertiary/aromatic N) is 1. The van der Waals surface area contributed by atoms with E-state index in [0.29, 0.717) is 17.1 Å². The van der Waals surface area contributed by atoms with Gasteiger partial charge in [-0.05, 0) is 60.5 Å². The van der Waals surface area contributed by atoms with Crippen LogP contribution in [-0.4, -0.2) is 28.0 Å². The fourth-order valence-corrected chi connectivity index (χ4v) is 4.82. The number of hydrogen-bond acceptors (Lipinski definition) is 4. The van der Waals surface area contributed by atoms with Crippen LogP contribution in [0.5, 0.6) is 5.75 Å². The number of halogens is 1. The highest BCUT2D eigenvalue weighted by Gasteiger charge is 2.28. The molecule has 0 aliphatic carbocycles. The fourth-order valence-electron chi connectivity index (χ4n) is 3.27. The van der Waals surface area contributed by atoms with Crippen LogP contribution in [0.1, 0.15) is 24.9 Å². The van der Waals surface area contributed by atoms with Crippen LogP contribution in [0.2, 0.25) is 5.02 Å². The molecule has 0 fully saturated rings. The minimum Gasteiger partial charge on any atom is -0.497 e. The summed E-state index contributed by atoms with van der Waals surface area (Å²) in [5.74, 6) is 0.313. The predicted molar refractivity (Wildman–Crippen MR) is 127 cm³/mol. The van der Waals surface area contributed by atoms with Gasteiger partial charge in [-0.3, -0.25) is 9.10 Å². The molecule has 8 heteroatoms. The van der Waals surface area contributed by atoms with Crippen LogP contribution in [0.25, 0.3) is 0 Å². The first-order valence-corrected chi connectivity index (χ1v) is 11.9. The van der Waals surface area contributed by atoms with Crippen LogP contribution in [0, 0.1) is 0 Å². The second-order valence-corrected chi connectivity index (χ2v) is 9.40. The number of para-hydroxylation sites is 1. The lowest BCUT2D eigenvalue weighted by molar-refractivity contribution is -0.120. The lowest BCUT2D eigenvalue weighted by Crippen LogP contribution is -2.42. The third-order valence-corrected chi connectivity index (χ3v) is 7.03. The molecule has 168 valence electrons. The molecule has 0 spiro atoms. The Morgan fingerprint density at radius 1 is 1.00 bits per heavy atom. The molecule has 1 unspecified atom stereocenters. The number of sulfonamides is 1. The minimum atomic E-state index is -3.98. The Morgan fingerprint density at radius 3 is 2.19 bits per heavy atom. The molecule has 0 heterocycles. The van der Waals surface area contributed by atoms with E-state index in [1.54, 1.807) is 37.4 Å². The zero-order valence-electron chi connectivity index (χ0n) is 17.9. The first kappa shape index (κ1) is 23.6. The third kappa shape index (κ3) is 5.60. The molecule has 0 radical (unpaired) electrons. The quantitative estimate of drug-likeness (QED) is 0.484. The van der Waals surface area contributed by atoms with Crippen LogP contribution < -0.4 is 14.4 Å². The molecule has 3 aromatic rings. The molecule has 0 saturated carbocycles. The smallest absolute Gasteiger partial charge is 0.264 e. The first-order valence-electron chi connectivity index (χ1n) is 10.1. The highest BCUT2D eigenvalue weighted by atomic mass is 35.5. The van der Waals surface area contributed by atoms with Crippen molar-refractivity contribution in [2.75, 3.05) is 18.0 Å². The van der Waals surface area contributed by atoms with E-state index >= 15 is 0 Å². The average molecular weight is 473 g/mol. The van der Waals surface area contributed by atoms with E-state index in [1.165, 1.54) is 24.3 Å². The van der Waals surface area contributed by atoms with Crippen LogP contribution in [0.4, 0.5) is 5.69 Å². The van der Waals surface area contributed by atoms with Gasteiger partial charge in [0.05, 0.1) is 23.7 Å². The fraction of sp³-hybridized carbons (Fsp3) is 0.208. The lowest BCUT2D eigenvalue weighted by atomic mass is 10.0. The predicted octanol–water partition coefficient (Wildman–Crippen LogP) is 4.81. The maximum Gasteiger partial charge on any atom is 0.264 e. The van der Waals surface area contributed by atoms with Crippen LogP contribution >= 0.6 is 11.6 Å². The van der Waals surface area contributed by atoms with Gasteiger partial charge in [0.1, 0.15) is 12.3 Å². The summed E-state index contributed by atoms with van der Waals surface area (Å²) in [6.45, 7) is 1.59. The largest absolute Gasteiger partial charge is 0.497 e. The molecule has 3 aromatic carbocycles. The maximum atomic E-state index is 13.4. The minimum absolute atomic E-state index is 0.0562. The summed E-state index contributed by atoms with van der Waals surface area (Å²) in [4.78, 5) is 13.0. The SMILES string of the molecule is CCC(NC(=O)CN(c1ccccc1)S(=O)(=O)c1ccc(Cl)cc1)c1ccc(OC)cc1. The van der Waals surface area contributed by atoms with Gasteiger partial charge in [-0.1, -0.05) is 48.9 Å². The molecule has 0 aliphatic rings. The van der Waals surface area contributed by atoms with Crippen LogP contribution in [-0.2, 0) is 14.8 Å².